The number of thiazole rings is 1. The molecule has 0 aromatic carbocycles. The Morgan fingerprint density at radius 1 is 1.19 bits per heavy atom. The molecule has 0 fully saturated rings. The van der Waals surface area contributed by atoms with Gasteiger partial charge in [0.25, 0.3) is 5.91 Å². The number of hydrogen-bond acceptors (Lipinski definition) is 10. The standard InChI is InChI=1S/C30H44N4O5S3/c1-6-8-9-10-11-15-26(36)40-16-13-12-14-21-17-25(35)33(4)18-24-31-22(19-41-24)27-32-30(3,20-42-27)29(38)34(5)23(7-2)28(37)39-21/h12,14,19,21,23H,6-11,13,15-18,20H2,1-5H3/b14-12+. The molecule has 2 aliphatic rings. The average Bonchev–Trinajstić information content (AvgIpc) is 3.59. The summed E-state index contributed by atoms with van der Waals surface area (Å²) in [5.74, 6) is 0.0729. The molecule has 12 heteroatoms. The van der Waals surface area contributed by atoms with Gasteiger partial charge in [-0.05, 0) is 32.3 Å². The first-order valence-electron chi connectivity index (χ1n) is 14.8. The molecule has 3 unspecified atom stereocenters. The Labute approximate surface area is 262 Å². The normalized spacial score (nSPS) is 23.9. The highest BCUT2D eigenvalue weighted by Crippen LogP contribution is 2.33. The van der Waals surface area contributed by atoms with Crippen LogP contribution in [-0.2, 0) is 30.5 Å². The fraction of sp³-hybridized carbons (Fsp3) is 0.667. The number of cyclic esters (lactones) is 1. The van der Waals surface area contributed by atoms with Gasteiger partial charge in [-0.25, -0.2) is 9.78 Å². The summed E-state index contributed by atoms with van der Waals surface area (Å²) >= 11 is 4.24. The monoisotopic (exact) mass is 636 g/mol. The number of allylic oxidation sites excluding steroid dienone is 1. The van der Waals surface area contributed by atoms with E-state index in [1.165, 1.54) is 59.0 Å². The minimum atomic E-state index is -1.01. The number of aromatic nitrogens is 1. The van der Waals surface area contributed by atoms with Gasteiger partial charge in [-0.3, -0.25) is 19.4 Å². The van der Waals surface area contributed by atoms with Crippen molar-refractivity contribution < 1.29 is 23.9 Å². The van der Waals surface area contributed by atoms with Crippen LogP contribution in [0.3, 0.4) is 0 Å². The SMILES string of the molecule is CCCCCCCC(=O)SCC/C=C/C1CC(=O)N(C)Cc2nc(cs2)C2=NC(C)(CS2)C(=O)N(C)C(CC)C(=O)O1. The summed E-state index contributed by atoms with van der Waals surface area (Å²) in [7, 11) is 3.31. The summed E-state index contributed by atoms with van der Waals surface area (Å²) < 4.78 is 5.85. The van der Waals surface area contributed by atoms with E-state index in [4.69, 9.17) is 9.73 Å². The van der Waals surface area contributed by atoms with Crippen molar-refractivity contribution in [3.8, 4) is 0 Å². The molecule has 0 N–H and O–H groups in total. The lowest BCUT2D eigenvalue weighted by Crippen LogP contribution is -2.52. The van der Waals surface area contributed by atoms with E-state index in [9.17, 15) is 19.2 Å². The highest BCUT2D eigenvalue weighted by Gasteiger charge is 2.43. The largest absolute Gasteiger partial charge is 0.456 e. The van der Waals surface area contributed by atoms with Crippen LogP contribution in [0.4, 0.5) is 0 Å². The van der Waals surface area contributed by atoms with E-state index in [0.717, 1.165) is 17.8 Å². The van der Waals surface area contributed by atoms with Crippen LogP contribution < -0.4 is 0 Å². The zero-order valence-electron chi connectivity index (χ0n) is 25.4. The summed E-state index contributed by atoms with van der Waals surface area (Å²) in [6.45, 7) is 6.10. The zero-order chi connectivity index (χ0) is 30.7. The lowest BCUT2D eigenvalue weighted by molar-refractivity contribution is -0.159. The average molecular weight is 637 g/mol. The summed E-state index contributed by atoms with van der Waals surface area (Å²) in [6.07, 6.45) is 9.90. The van der Waals surface area contributed by atoms with Gasteiger partial charge in [-0.2, -0.15) is 0 Å². The Bertz CT molecular complexity index is 1170. The first kappa shape index (κ1) is 34.3. The van der Waals surface area contributed by atoms with Crippen molar-refractivity contribution in [2.75, 3.05) is 25.6 Å². The molecule has 0 radical (unpaired) electrons. The number of rotatable bonds is 11. The Kier molecular flexibility index (Phi) is 13.6. The van der Waals surface area contributed by atoms with Gasteiger partial charge in [0.1, 0.15) is 33.4 Å². The second-order valence-electron chi connectivity index (χ2n) is 11.0. The molecule has 232 valence electrons. The van der Waals surface area contributed by atoms with Crippen molar-refractivity contribution in [1.82, 2.24) is 14.8 Å². The molecule has 0 spiro atoms. The molecule has 0 saturated carbocycles. The lowest BCUT2D eigenvalue weighted by Gasteiger charge is -2.32. The lowest BCUT2D eigenvalue weighted by atomic mass is 10.0. The number of esters is 1. The maximum atomic E-state index is 13.6. The van der Waals surface area contributed by atoms with Gasteiger partial charge in [0, 0.05) is 37.4 Å². The fourth-order valence-corrected chi connectivity index (χ4v) is 7.57. The first-order chi connectivity index (χ1) is 20.1. The van der Waals surface area contributed by atoms with Crippen LogP contribution >= 0.6 is 34.9 Å². The summed E-state index contributed by atoms with van der Waals surface area (Å²) in [5, 5.41) is 3.55. The number of amides is 2. The molecule has 2 amide bonds. The maximum absolute atomic E-state index is 13.6. The number of fused-ring (bicyclic) bond motifs is 4. The van der Waals surface area contributed by atoms with Crippen molar-refractivity contribution in [2.45, 2.75) is 103 Å². The zero-order valence-corrected chi connectivity index (χ0v) is 27.9. The number of carbonyl (C=O) groups excluding carboxylic acids is 4. The predicted octanol–water partition coefficient (Wildman–Crippen LogP) is 5.47. The van der Waals surface area contributed by atoms with Crippen molar-refractivity contribution in [3.05, 3.63) is 28.2 Å². The third-order valence-electron chi connectivity index (χ3n) is 7.34. The number of hydrogen-bond donors (Lipinski definition) is 0. The second kappa shape index (κ2) is 16.6. The maximum Gasteiger partial charge on any atom is 0.329 e. The van der Waals surface area contributed by atoms with Crippen molar-refractivity contribution in [3.63, 3.8) is 0 Å². The molecule has 3 rings (SSSR count). The van der Waals surface area contributed by atoms with E-state index >= 15 is 0 Å². The second-order valence-corrected chi connectivity index (χ2v) is 14.0. The molecule has 3 atom stereocenters. The Morgan fingerprint density at radius 2 is 1.95 bits per heavy atom. The summed E-state index contributed by atoms with van der Waals surface area (Å²) in [5.41, 5.74) is -0.313. The number of carbonyl (C=O) groups is 4. The molecule has 0 aliphatic carbocycles. The van der Waals surface area contributed by atoms with E-state index in [1.807, 2.05) is 18.4 Å². The van der Waals surface area contributed by atoms with Crippen LogP contribution in [0.1, 0.15) is 89.3 Å². The number of nitrogens with zero attached hydrogens (tertiary/aromatic N) is 4. The van der Waals surface area contributed by atoms with Gasteiger partial charge in [0.05, 0.1) is 13.0 Å². The third-order valence-corrected chi connectivity index (χ3v) is 10.4. The van der Waals surface area contributed by atoms with Crippen LogP contribution in [0.25, 0.3) is 0 Å². The van der Waals surface area contributed by atoms with Crippen molar-refractivity contribution >= 4 is 62.8 Å². The molecular weight excluding hydrogens is 593 g/mol. The van der Waals surface area contributed by atoms with Crippen LogP contribution in [-0.4, -0.2) is 86.0 Å². The minimum Gasteiger partial charge on any atom is -0.456 e. The van der Waals surface area contributed by atoms with Gasteiger partial charge in [0.2, 0.25) is 5.91 Å². The van der Waals surface area contributed by atoms with Gasteiger partial charge in [0.15, 0.2) is 5.12 Å². The van der Waals surface area contributed by atoms with Crippen LogP contribution in [0.5, 0.6) is 0 Å². The van der Waals surface area contributed by atoms with Gasteiger partial charge >= 0.3 is 5.97 Å². The number of thioether (sulfide) groups is 2. The van der Waals surface area contributed by atoms with Crippen molar-refractivity contribution in [1.29, 1.82) is 0 Å². The molecule has 1 aromatic heterocycles. The third kappa shape index (κ3) is 9.67. The number of likely N-dealkylation sites (N-methyl/N-ethyl adjacent to an activating group) is 1. The summed E-state index contributed by atoms with van der Waals surface area (Å²) in [6, 6.07) is -0.813. The molecule has 1 aromatic rings. The first-order valence-corrected chi connectivity index (χ1v) is 17.6. The van der Waals surface area contributed by atoms with E-state index in [0.29, 0.717) is 48.1 Å². The highest BCUT2D eigenvalue weighted by atomic mass is 32.2. The molecule has 2 aliphatic heterocycles. The predicted molar refractivity (Wildman–Crippen MR) is 172 cm³/mol. The Hall–Kier alpha value is -2.18. The highest BCUT2D eigenvalue weighted by molar-refractivity contribution is 8.14. The number of ether oxygens (including phenoxy) is 1. The smallest absolute Gasteiger partial charge is 0.329 e. The molecular formula is C30H44N4O5S3. The van der Waals surface area contributed by atoms with E-state index in [1.54, 1.807) is 32.0 Å². The van der Waals surface area contributed by atoms with Crippen LogP contribution in [0, 0.1) is 0 Å². The van der Waals surface area contributed by atoms with E-state index in [-0.39, 0.29) is 23.4 Å². The molecule has 4 bridgehead atoms. The minimum absolute atomic E-state index is 0.0326. The topological polar surface area (TPSA) is 109 Å². The molecule has 9 nitrogen and oxygen atoms in total. The van der Waals surface area contributed by atoms with Crippen molar-refractivity contribution in [2.24, 2.45) is 4.99 Å². The van der Waals surface area contributed by atoms with E-state index < -0.39 is 23.7 Å². The molecule has 3 heterocycles. The fourth-order valence-electron chi connectivity index (χ4n) is 4.77. The molecule has 0 saturated heterocycles. The Balaban J connectivity index is 1.71. The Morgan fingerprint density at radius 3 is 2.69 bits per heavy atom. The van der Waals surface area contributed by atoms with Gasteiger partial charge in [-0.1, -0.05) is 57.4 Å². The van der Waals surface area contributed by atoms with Crippen LogP contribution in [0.2, 0.25) is 0 Å². The van der Waals surface area contributed by atoms with Crippen LogP contribution in [0.15, 0.2) is 22.5 Å². The van der Waals surface area contributed by atoms with Gasteiger partial charge < -0.3 is 14.5 Å². The summed E-state index contributed by atoms with van der Waals surface area (Å²) in [4.78, 5) is 64.7. The van der Waals surface area contributed by atoms with E-state index in [2.05, 4.69) is 11.9 Å². The number of unbranched alkanes of at least 4 members (excludes halogenated alkanes) is 4. The number of aliphatic imine (C=N–C) groups is 1. The molecule has 42 heavy (non-hydrogen) atoms. The van der Waals surface area contributed by atoms with Gasteiger partial charge in [-0.15, -0.1) is 23.1 Å². The quantitative estimate of drug-likeness (QED) is 0.179.